The molecule has 4 aromatic rings. The summed E-state index contributed by atoms with van der Waals surface area (Å²) in [5.41, 5.74) is 2.88. The molecule has 4 aliphatic rings. The number of hydrogen-bond donors (Lipinski definition) is 1. The Morgan fingerprint density at radius 3 is 2.16 bits per heavy atom. The molecule has 0 aromatic heterocycles. The Morgan fingerprint density at radius 1 is 0.824 bits per heavy atom. The van der Waals surface area contributed by atoms with Gasteiger partial charge in [-0.15, -0.1) is 0 Å². The van der Waals surface area contributed by atoms with E-state index in [0.29, 0.717) is 27.8 Å². The number of phenols is 1. The van der Waals surface area contributed by atoms with E-state index in [9.17, 15) is 24.8 Å². The van der Waals surface area contributed by atoms with Crippen LogP contribution in [0.15, 0.2) is 115 Å². The Morgan fingerprint density at radius 2 is 1.49 bits per heavy atom. The first kappa shape index (κ1) is 32.3. The summed E-state index contributed by atoms with van der Waals surface area (Å²) < 4.78 is 0. The van der Waals surface area contributed by atoms with E-state index < -0.39 is 51.7 Å². The third-order valence-electron chi connectivity index (χ3n) is 11.5. The number of carbonyl (C=O) groups excluding carboxylic acids is 4. The van der Waals surface area contributed by atoms with Gasteiger partial charge in [0.1, 0.15) is 5.75 Å². The third kappa shape index (κ3) is 4.67. The number of fused-ring (bicyclic) bond motifs is 4. The number of Topliss-reactive ketones (excluding diaryl/α,β-unsaturated/α-hetero) is 1. The van der Waals surface area contributed by atoms with Gasteiger partial charge in [-0.05, 0) is 72.6 Å². The van der Waals surface area contributed by atoms with Crippen LogP contribution in [0.5, 0.6) is 5.75 Å². The highest BCUT2D eigenvalue weighted by Gasteiger charge is 2.66. The highest BCUT2D eigenvalue weighted by atomic mass is 16.6. The fourth-order valence-corrected chi connectivity index (χ4v) is 9.41. The molecule has 0 radical (unpaired) electrons. The molecule has 6 unspecified atom stereocenters. The number of aryl methyl sites for hydroxylation is 2. The van der Waals surface area contributed by atoms with Crippen molar-refractivity contribution in [2.75, 3.05) is 4.90 Å². The summed E-state index contributed by atoms with van der Waals surface area (Å²) in [4.78, 5) is 70.9. The molecular weight excluding hydrogens is 644 g/mol. The third-order valence-corrected chi connectivity index (χ3v) is 11.5. The number of hydrogen-bond acceptors (Lipinski definition) is 7. The number of rotatable bonds is 5. The van der Waals surface area contributed by atoms with Crippen LogP contribution in [0.1, 0.15) is 46.6 Å². The summed E-state index contributed by atoms with van der Waals surface area (Å²) >= 11 is 0. The molecule has 4 aromatic carbocycles. The van der Waals surface area contributed by atoms with Crippen molar-refractivity contribution >= 4 is 40.3 Å². The van der Waals surface area contributed by atoms with E-state index in [-0.39, 0.29) is 41.5 Å². The van der Waals surface area contributed by atoms with Crippen molar-refractivity contribution in [1.29, 1.82) is 0 Å². The smallest absolute Gasteiger partial charge is 0.271 e. The van der Waals surface area contributed by atoms with Crippen LogP contribution < -0.4 is 4.90 Å². The number of anilines is 1. The number of carbonyl (C=O) groups is 4. The van der Waals surface area contributed by atoms with Gasteiger partial charge in [0.2, 0.25) is 11.8 Å². The minimum Gasteiger partial charge on any atom is -0.507 e. The first-order chi connectivity index (χ1) is 24.5. The van der Waals surface area contributed by atoms with Crippen molar-refractivity contribution in [1.82, 2.24) is 0 Å². The molecule has 1 aliphatic heterocycles. The molecule has 51 heavy (non-hydrogen) atoms. The second-order valence-corrected chi connectivity index (χ2v) is 14.1. The standard InChI is InChI=1S/C42H34N2O7/c1-23-18-26(19-24(2)38(23)46)37-30-16-17-31-36(41(49)43(40(31)48)28-14-9-15-29(20-28)44(50)51)33(30)21-34-39(47)32(25-10-5-3-6-11-25)22-35(45)42(34,37)27-12-7-4-8-13-27/h3-16,18-20,22,31,33-34,36-37,46H,17,21H2,1-2H3. The second-order valence-electron chi connectivity index (χ2n) is 14.1. The van der Waals surface area contributed by atoms with Crippen LogP contribution >= 0.6 is 0 Å². The number of aromatic hydroxyl groups is 1. The number of nitro benzene ring substituents is 1. The van der Waals surface area contributed by atoms with Gasteiger partial charge in [-0.25, -0.2) is 4.90 Å². The van der Waals surface area contributed by atoms with Gasteiger partial charge >= 0.3 is 0 Å². The molecule has 9 heteroatoms. The molecule has 2 amide bonds. The number of amides is 2. The molecule has 3 aliphatic carbocycles. The number of allylic oxidation sites excluding steroid dienone is 4. The minimum atomic E-state index is -1.38. The molecule has 8 rings (SSSR count). The Balaban J connectivity index is 1.36. The zero-order valence-electron chi connectivity index (χ0n) is 28.0. The Kier molecular flexibility index (Phi) is 7.48. The highest BCUT2D eigenvalue weighted by molar-refractivity contribution is 6.32. The number of nitrogens with zero attached hydrogens (tertiary/aromatic N) is 2. The molecule has 1 saturated carbocycles. The van der Waals surface area contributed by atoms with E-state index in [1.165, 1.54) is 30.3 Å². The number of imide groups is 1. The average Bonchev–Trinajstić information content (AvgIpc) is 3.40. The maximum atomic E-state index is 15.2. The number of non-ortho nitro benzene ring substituents is 1. The quantitative estimate of drug-likeness (QED) is 0.105. The van der Waals surface area contributed by atoms with Gasteiger partial charge in [-0.2, -0.15) is 0 Å². The van der Waals surface area contributed by atoms with Gasteiger partial charge in [0.15, 0.2) is 11.6 Å². The van der Waals surface area contributed by atoms with Gasteiger partial charge in [-0.1, -0.05) is 90.5 Å². The zero-order valence-corrected chi connectivity index (χ0v) is 28.0. The van der Waals surface area contributed by atoms with Crippen LogP contribution in [-0.2, 0) is 24.6 Å². The summed E-state index contributed by atoms with van der Waals surface area (Å²) in [6, 6.07) is 27.6. The molecule has 0 bridgehead atoms. The van der Waals surface area contributed by atoms with E-state index in [2.05, 4.69) is 0 Å². The van der Waals surface area contributed by atoms with Crippen molar-refractivity contribution in [3.63, 3.8) is 0 Å². The number of benzene rings is 4. The Bertz CT molecular complexity index is 2220. The normalized spacial score (nSPS) is 26.9. The van der Waals surface area contributed by atoms with E-state index >= 15 is 9.59 Å². The lowest BCUT2D eigenvalue weighted by Gasteiger charge is -2.55. The molecule has 6 atom stereocenters. The monoisotopic (exact) mass is 678 g/mol. The number of ketones is 2. The van der Waals surface area contributed by atoms with Crippen molar-refractivity contribution in [3.8, 4) is 5.75 Å². The predicted molar refractivity (Wildman–Crippen MR) is 190 cm³/mol. The fraction of sp³-hybridized carbons (Fsp3) is 0.238. The van der Waals surface area contributed by atoms with Gasteiger partial charge in [0, 0.05) is 29.5 Å². The second kappa shape index (κ2) is 11.8. The topological polar surface area (TPSA) is 135 Å². The van der Waals surface area contributed by atoms with Crippen LogP contribution in [0.2, 0.25) is 0 Å². The van der Waals surface area contributed by atoms with Crippen molar-refractivity contribution in [2.45, 2.75) is 38.0 Å². The average molecular weight is 679 g/mol. The molecular formula is C42H34N2O7. The zero-order chi connectivity index (χ0) is 35.8. The van der Waals surface area contributed by atoms with E-state index in [4.69, 9.17) is 0 Å². The lowest BCUT2D eigenvalue weighted by atomic mass is 9.44. The van der Waals surface area contributed by atoms with Crippen LogP contribution in [0, 0.1) is 47.6 Å². The Labute approximate surface area is 294 Å². The summed E-state index contributed by atoms with van der Waals surface area (Å²) in [5.74, 6) is -4.99. The lowest BCUT2D eigenvalue weighted by Crippen LogP contribution is -2.58. The lowest BCUT2D eigenvalue weighted by molar-refractivity contribution is -0.384. The molecule has 9 nitrogen and oxygen atoms in total. The van der Waals surface area contributed by atoms with E-state index in [1.807, 2.05) is 66.7 Å². The van der Waals surface area contributed by atoms with Gasteiger partial charge in [0.05, 0.1) is 27.9 Å². The van der Waals surface area contributed by atoms with Crippen molar-refractivity contribution in [3.05, 3.63) is 153 Å². The maximum absolute atomic E-state index is 15.2. The van der Waals surface area contributed by atoms with Crippen LogP contribution in [-0.4, -0.2) is 33.4 Å². The molecule has 1 saturated heterocycles. The minimum absolute atomic E-state index is 0.129. The van der Waals surface area contributed by atoms with Gasteiger partial charge in [-0.3, -0.25) is 29.3 Å². The molecule has 2 fully saturated rings. The number of nitro groups is 1. The number of phenolic OH excluding ortho intramolecular Hbond substituents is 1. The van der Waals surface area contributed by atoms with Crippen LogP contribution in [0.25, 0.3) is 5.57 Å². The molecule has 0 spiro atoms. The van der Waals surface area contributed by atoms with Gasteiger partial charge < -0.3 is 5.11 Å². The Hall–Kier alpha value is -5.96. The van der Waals surface area contributed by atoms with E-state index in [0.717, 1.165) is 16.0 Å². The highest BCUT2D eigenvalue weighted by Crippen LogP contribution is 2.64. The van der Waals surface area contributed by atoms with Crippen LogP contribution in [0.3, 0.4) is 0 Å². The van der Waals surface area contributed by atoms with Crippen molar-refractivity contribution < 1.29 is 29.2 Å². The summed E-state index contributed by atoms with van der Waals surface area (Å²) in [7, 11) is 0. The molecule has 254 valence electrons. The first-order valence-corrected chi connectivity index (χ1v) is 17.1. The molecule has 1 heterocycles. The first-order valence-electron chi connectivity index (χ1n) is 17.1. The van der Waals surface area contributed by atoms with Crippen LogP contribution in [0.4, 0.5) is 11.4 Å². The summed E-state index contributed by atoms with van der Waals surface area (Å²) in [6.45, 7) is 3.59. The SMILES string of the molecule is Cc1cc(C2C3=CCC4C(=O)N(c5cccc([N+](=O)[O-])c5)C(=O)C4C3CC3C(=O)C(c4ccccc4)=CC(=O)C32c2ccccc2)cc(C)c1O. The summed E-state index contributed by atoms with van der Waals surface area (Å²) in [5, 5.41) is 22.4. The molecule has 1 N–H and O–H groups in total. The van der Waals surface area contributed by atoms with E-state index in [1.54, 1.807) is 26.0 Å². The van der Waals surface area contributed by atoms with Gasteiger partial charge in [0.25, 0.3) is 5.69 Å². The maximum Gasteiger partial charge on any atom is 0.271 e. The largest absolute Gasteiger partial charge is 0.507 e. The predicted octanol–water partition coefficient (Wildman–Crippen LogP) is 6.95. The summed E-state index contributed by atoms with van der Waals surface area (Å²) in [6.07, 6.45) is 3.83. The van der Waals surface area contributed by atoms with Crippen molar-refractivity contribution in [2.24, 2.45) is 23.7 Å². The fourth-order valence-electron chi connectivity index (χ4n) is 9.41.